The van der Waals surface area contributed by atoms with Gasteiger partial charge < -0.3 is 10.6 Å². The molecule has 0 radical (unpaired) electrons. The lowest BCUT2D eigenvalue weighted by molar-refractivity contribution is -0.115. The Bertz CT molecular complexity index is 988. The normalized spacial score (nSPS) is 12.2. The third kappa shape index (κ3) is 5.23. The second-order valence-corrected chi connectivity index (χ2v) is 6.93. The van der Waals surface area contributed by atoms with Gasteiger partial charge in [0.1, 0.15) is 12.4 Å². The molecule has 1 aliphatic heterocycles. The summed E-state index contributed by atoms with van der Waals surface area (Å²) in [5.74, 6) is 0.225. The van der Waals surface area contributed by atoms with Gasteiger partial charge in [-0.25, -0.2) is 4.98 Å². The van der Waals surface area contributed by atoms with E-state index in [4.69, 9.17) is 0 Å². The molecule has 0 spiro atoms. The Morgan fingerprint density at radius 3 is 2.43 bits per heavy atom. The fourth-order valence-electron chi connectivity index (χ4n) is 2.98. The van der Waals surface area contributed by atoms with Gasteiger partial charge in [-0.2, -0.15) is 0 Å². The quantitative estimate of drug-likeness (QED) is 0.663. The molecular formula is C24H26N4O2. The summed E-state index contributed by atoms with van der Waals surface area (Å²) in [6.45, 7) is 4.89. The van der Waals surface area contributed by atoms with E-state index in [1.807, 2.05) is 48.5 Å². The Balaban J connectivity index is 0.000000806. The Kier molecular flexibility index (Phi) is 7.16. The summed E-state index contributed by atoms with van der Waals surface area (Å²) >= 11 is 0. The van der Waals surface area contributed by atoms with Crippen molar-refractivity contribution in [1.29, 1.82) is 0 Å². The second kappa shape index (κ2) is 10.2. The van der Waals surface area contributed by atoms with Gasteiger partial charge in [0.05, 0.1) is 16.9 Å². The molecule has 2 amide bonds. The van der Waals surface area contributed by atoms with Crippen LogP contribution < -0.4 is 15.5 Å². The van der Waals surface area contributed by atoms with Crippen molar-refractivity contribution in [2.24, 2.45) is 0 Å². The molecular weight excluding hydrogens is 376 g/mol. The number of hydrogen-bond donors (Lipinski definition) is 2. The van der Waals surface area contributed by atoms with E-state index in [0.29, 0.717) is 29.3 Å². The van der Waals surface area contributed by atoms with Gasteiger partial charge in [0.25, 0.3) is 5.91 Å². The number of benzene rings is 2. The van der Waals surface area contributed by atoms with E-state index < -0.39 is 0 Å². The van der Waals surface area contributed by atoms with Crippen LogP contribution in [-0.4, -0.2) is 23.3 Å². The van der Waals surface area contributed by atoms with E-state index >= 15 is 0 Å². The maximum Gasteiger partial charge on any atom is 0.260 e. The first-order valence-corrected chi connectivity index (χ1v) is 10.1. The summed E-state index contributed by atoms with van der Waals surface area (Å²) in [5.41, 5.74) is 2.91. The standard InChI is InChI=1S/C21H18N4O2.C3H8/c26-20-14-25(18-9-5-4-8-17(18)24-20)21(27)16-10-11-19(23-13-16)22-12-15-6-2-1-3-7-15;1-3-2/h1-11,13H,12,14H2,(H,22,23)(H,24,26);3H2,1-2H3. The Morgan fingerprint density at radius 1 is 1.03 bits per heavy atom. The molecule has 1 aliphatic rings. The fourth-order valence-corrected chi connectivity index (χ4v) is 2.98. The number of anilines is 3. The van der Waals surface area contributed by atoms with Crippen molar-refractivity contribution in [1.82, 2.24) is 4.98 Å². The summed E-state index contributed by atoms with van der Waals surface area (Å²) in [6, 6.07) is 20.8. The molecule has 0 atom stereocenters. The molecule has 0 saturated heterocycles. The number of para-hydroxylation sites is 2. The van der Waals surface area contributed by atoms with Crippen molar-refractivity contribution >= 4 is 29.0 Å². The minimum absolute atomic E-state index is 0.0101. The van der Waals surface area contributed by atoms with Gasteiger partial charge in [0.15, 0.2) is 0 Å². The van der Waals surface area contributed by atoms with E-state index in [0.717, 1.165) is 5.56 Å². The molecule has 6 nitrogen and oxygen atoms in total. The number of pyridine rings is 1. The van der Waals surface area contributed by atoms with Crippen molar-refractivity contribution in [3.8, 4) is 0 Å². The van der Waals surface area contributed by atoms with Crippen LogP contribution in [0.3, 0.4) is 0 Å². The maximum absolute atomic E-state index is 12.9. The van der Waals surface area contributed by atoms with Crippen LogP contribution in [0.25, 0.3) is 0 Å². The van der Waals surface area contributed by atoms with Crippen LogP contribution >= 0.6 is 0 Å². The topological polar surface area (TPSA) is 74.3 Å². The summed E-state index contributed by atoms with van der Waals surface area (Å²) in [7, 11) is 0. The van der Waals surface area contributed by atoms with Gasteiger partial charge in [-0.15, -0.1) is 0 Å². The Hall–Kier alpha value is -3.67. The van der Waals surface area contributed by atoms with Gasteiger partial charge in [0, 0.05) is 12.7 Å². The lowest BCUT2D eigenvalue weighted by atomic mass is 10.1. The molecule has 30 heavy (non-hydrogen) atoms. The molecule has 4 rings (SSSR count). The Morgan fingerprint density at radius 2 is 1.73 bits per heavy atom. The van der Waals surface area contributed by atoms with Crippen molar-refractivity contribution in [3.05, 3.63) is 84.1 Å². The number of fused-ring (bicyclic) bond motifs is 1. The smallest absolute Gasteiger partial charge is 0.260 e. The number of rotatable bonds is 4. The molecule has 2 heterocycles. The zero-order valence-corrected chi connectivity index (χ0v) is 17.3. The van der Waals surface area contributed by atoms with E-state index in [9.17, 15) is 9.59 Å². The zero-order valence-electron chi connectivity index (χ0n) is 17.3. The molecule has 0 fully saturated rings. The third-order valence-electron chi connectivity index (χ3n) is 4.34. The minimum atomic E-state index is -0.251. The first kappa shape index (κ1) is 21.0. The lowest BCUT2D eigenvalue weighted by Gasteiger charge is -2.29. The average Bonchev–Trinajstić information content (AvgIpc) is 2.78. The number of carbonyl (C=O) groups is 2. The molecule has 6 heteroatoms. The summed E-state index contributed by atoms with van der Waals surface area (Å²) in [4.78, 5) is 30.6. The van der Waals surface area contributed by atoms with Crippen molar-refractivity contribution in [3.63, 3.8) is 0 Å². The number of amides is 2. The first-order chi connectivity index (χ1) is 14.6. The third-order valence-corrected chi connectivity index (χ3v) is 4.34. The van der Waals surface area contributed by atoms with Crippen LogP contribution in [0.1, 0.15) is 36.2 Å². The predicted octanol–water partition coefficient (Wildman–Crippen LogP) is 4.71. The highest BCUT2D eigenvalue weighted by molar-refractivity contribution is 6.15. The second-order valence-electron chi connectivity index (χ2n) is 6.93. The van der Waals surface area contributed by atoms with Gasteiger partial charge >= 0.3 is 0 Å². The largest absolute Gasteiger partial charge is 0.366 e. The molecule has 0 aliphatic carbocycles. The van der Waals surface area contributed by atoms with Crippen LogP contribution in [0.2, 0.25) is 0 Å². The molecule has 2 N–H and O–H groups in total. The van der Waals surface area contributed by atoms with Crippen LogP contribution in [0.15, 0.2) is 72.9 Å². The van der Waals surface area contributed by atoms with E-state index in [-0.39, 0.29) is 18.4 Å². The summed E-state index contributed by atoms with van der Waals surface area (Å²) < 4.78 is 0. The van der Waals surface area contributed by atoms with Gasteiger partial charge in [0.2, 0.25) is 5.91 Å². The van der Waals surface area contributed by atoms with Crippen molar-refractivity contribution in [2.45, 2.75) is 26.8 Å². The molecule has 1 aromatic heterocycles. The van der Waals surface area contributed by atoms with E-state index in [2.05, 4.69) is 29.5 Å². The van der Waals surface area contributed by atoms with Gasteiger partial charge in [-0.3, -0.25) is 14.5 Å². The molecule has 0 unspecified atom stereocenters. The van der Waals surface area contributed by atoms with Crippen LogP contribution in [-0.2, 0) is 11.3 Å². The van der Waals surface area contributed by atoms with Crippen LogP contribution in [0.4, 0.5) is 17.2 Å². The minimum Gasteiger partial charge on any atom is -0.366 e. The molecule has 154 valence electrons. The number of nitrogens with one attached hydrogen (secondary N) is 2. The lowest BCUT2D eigenvalue weighted by Crippen LogP contribution is -2.42. The molecule has 0 bridgehead atoms. The van der Waals surface area contributed by atoms with E-state index in [1.165, 1.54) is 17.5 Å². The Labute approximate surface area is 177 Å². The van der Waals surface area contributed by atoms with Crippen molar-refractivity contribution in [2.75, 3.05) is 22.1 Å². The number of nitrogens with zero attached hydrogens (tertiary/aromatic N) is 2. The van der Waals surface area contributed by atoms with Crippen molar-refractivity contribution < 1.29 is 9.59 Å². The monoisotopic (exact) mass is 402 g/mol. The molecule has 2 aromatic carbocycles. The fraction of sp³-hybridized carbons (Fsp3) is 0.208. The highest BCUT2D eigenvalue weighted by atomic mass is 16.2. The highest BCUT2D eigenvalue weighted by Gasteiger charge is 2.27. The van der Waals surface area contributed by atoms with Crippen LogP contribution in [0, 0.1) is 0 Å². The molecule has 0 saturated carbocycles. The van der Waals surface area contributed by atoms with Crippen LogP contribution in [0.5, 0.6) is 0 Å². The number of carbonyl (C=O) groups excluding carboxylic acids is 2. The van der Waals surface area contributed by atoms with E-state index in [1.54, 1.807) is 18.2 Å². The highest BCUT2D eigenvalue weighted by Crippen LogP contribution is 2.30. The number of aromatic nitrogens is 1. The summed E-state index contributed by atoms with van der Waals surface area (Å²) in [5, 5.41) is 6.01. The maximum atomic E-state index is 12.9. The summed E-state index contributed by atoms with van der Waals surface area (Å²) in [6.07, 6.45) is 2.78. The SMILES string of the molecule is CCC.O=C1CN(C(=O)c2ccc(NCc3ccccc3)nc2)c2ccccc2N1. The van der Waals surface area contributed by atoms with Gasteiger partial charge in [-0.05, 0) is 29.8 Å². The number of hydrogen-bond acceptors (Lipinski definition) is 4. The molecule has 3 aromatic rings. The average molecular weight is 402 g/mol. The van der Waals surface area contributed by atoms with Gasteiger partial charge in [-0.1, -0.05) is 62.7 Å². The first-order valence-electron chi connectivity index (χ1n) is 10.1. The zero-order chi connectivity index (χ0) is 21.3. The predicted molar refractivity (Wildman–Crippen MR) is 121 cm³/mol.